The van der Waals surface area contributed by atoms with E-state index >= 15 is 0 Å². The summed E-state index contributed by atoms with van der Waals surface area (Å²) in [5, 5.41) is 9.28. The maximum atomic E-state index is 11.8. The van der Waals surface area contributed by atoms with Crippen LogP contribution in [0, 0.1) is 6.92 Å². The van der Waals surface area contributed by atoms with Gasteiger partial charge < -0.3 is 5.11 Å². The summed E-state index contributed by atoms with van der Waals surface area (Å²) in [4.78, 5) is 27.1. The Hall–Kier alpha value is -1.65. The molecule has 0 unspecified atom stereocenters. The standard InChI is InChI=1S/C11H16N2O3/c1-4-11(5-2,10(15)16)13-7-12-8(3)6-9(13)14/h6-7H,4-5H2,1-3H3,(H,15,16). The summed E-state index contributed by atoms with van der Waals surface area (Å²) in [6.45, 7) is 5.21. The summed E-state index contributed by atoms with van der Waals surface area (Å²) < 4.78 is 1.21. The summed E-state index contributed by atoms with van der Waals surface area (Å²) in [7, 11) is 0. The molecule has 1 aromatic heterocycles. The minimum absolute atomic E-state index is 0.321. The Bertz CT molecular complexity index is 447. The van der Waals surface area contributed by atoms with Crippen LogP contribution in [-0.4, -0.2) is 20.6 Å². The van der Waals surface area contributed by atoms with Gasteiger partial charge in [0.15, 0.2) is 0 Å². The van der Waals surface area contributed by atoms with E-state index < -0.39 is 11.5 Å². The van der Waals surface area contributed by atoms with Gasteiger partial charge in [0.1, 0.15) is 5.54 Å². The molecule has 0 amide bonds. The molecule has 0 bridgehead atoms. The lowest BCUT2D eigenvalue weighted by Crippen LogP contribution is -2.46. The van der Waals surface area contributed by atoms with Crippen molar-refractivity contribution in [3.8, 4) is 0 Å². The fourth-order valence-corrected chi connectivity index (χ4v) is 1.81. The quantitative estimate of drug-likeness (QED) is 0.832. The van der Waals surface area contributed by atoms with Gasteiger partial charge in [-0.3, -0.25) is 9.36 Å². The lowest BCUT2D eigenvalue weighted by molar-refractivity contribution is -0.148. The van der Waals surface area contributed by atoms with E-state index in [4.69, 9.17) is 0 Å². The molecule has 1 heterocycles. The van der Waals surface area contributed by atoms with Crippen molar-refractivity contribution >= 4 is 5.97 Å². The monoisotopic (exact) mass is 224 g/mol. The number of hydrogen-bond acceptors (Lipinski definition) is 3. The van der Waals surface area contributed by atoms with E-state index in [9.17, 15) is 14.7 Å². The molecule has 0 saturated heterocycles. The summed E-state index contributed by atoms with van der Waals surface area (Å²) in [5.41, 5.74) is -0.913. The van der Waals surface area contributed by atoms with Crippen LogP contribution in [0.2, 0.25) is 0 Å². The Morgan fingerprint density at radius 3 is 2.44 bits per heavy atom. The van der Waals surface area contributed by atoms with Gasteiger partial charge in [0.2, 0.25) is 0 Å². The molecule has 1 rings (SSSR count). The first-order chi connectivity index (χ1) is 7.47. The molecule has 1 N–H and O–H groups in total. The van der Waals surface area contributed by atoms with Crippen molar-refractivity contribution in [2.75, 3.05) is 0 Å². The highest BCUT2D eigenvalue weighted by Crippen LogP contribution is 2.23. The van der Waals surface area contributed by atoms with Crippen LogP contribution in [0.15, 0.2) is 17.2 Å². The highest BCUT2D eigenvalue weighted by atomic mass is 16.4. The van der Waals surface area contributed by atoms with Gasteiger partial charge in [0.25, 0.3) is 5.56 Å². The van der Waals surface area contributed by atoms with E-state index in [1.807, 2.05) is 0 Å². The van der Waals surface area contributed by atoms with E-state index in [1.54, 1.807) is 20.8 Å². The zero-order chi connectivity index (χ0) is 12.3. The minimum Gasteiger partial charge on any atom is -0.479 e. The molecule has 0 saturated carbocycles. The second-order valence-electron chi connectivity index (χ2n) is 3.78. The molecule has 1 aromatic rings. The highest BCUT2D eigenvalue weighted by Gasteiger charge is 2.37. The zero-order valence-corrected chi connectivity index (χ0v) is 9.73. The van der Waals surface area contributed by atoms with Gasteiger partial charge in [-0.05, 0) is 19.8 Å². The average molecular weight is 224 g/mol. The maximum Gasteiger partial charge on any atom is 0.330 e. The molecule has 16 heavy (non-hydrogen) atoms. The molecule has 5 heteroatoms. The molecule has 0 aliphatic rings. The molecule has 0 aliphatic heterocycles. The summed E-state index contributed by atoms with van der Waals surface area (Å²) in [6.07, 6.45) is 2.02. The van der Waals surface area contributed by atoms with Crippen molar-refractivity contribution in [1.82, 2.24) is 9.55 Å². The number of carboxylic acid groups (broad SMARTS) is 1. The smallest absolute Gasteiger partial charge is 0.330 e. The van der Waals surface area contributed by atoms with E-state index in [2.05, 4.69) is 4.98 Å². The first-order valence-corrected chi connectivity index (χ1v) is 5.27. The second-order valence-corrected chi connectivity index (χ2v) is 3.78. The number of rotatable bonds is 4. The minimum atomic E-state index is -1.18. The molecular weight excluding hydrogens is 208 g/mol. The second kappa shape index (κ2) is 4.47. The van der Waals surface area contributed by atoms with Gasteiger partial charge in [-0.15, -0.1) is 0 Å². The molecule has 5 nitrogen and oxygen atoms in total. The normalized spacial score (nSPS) is 11.4. The Morgan fingerprint density at radius 1 is 1.50 bits per heavy atom. The van der Waals surface area contributed by atoms with Crippen molar-refractivity contribution in [2.24, 2.45) is 0 Å². The molecule has 88 valence electrons. The maximum absolute atomic E-state index is 11.8. The third-order valence-electron chi connectivity index (χ3n) is 2.98. The molecule has 0 fully saturated rings. The summed E-state index contributed by atoms with van der Waals surface area (Å²) in [5.74, 6) is -0.995. The van der Waals surface area contributed by atoms with Crippen LogP contribution in [-0.2, 0) is 10.3 Å². The lowest BCUT2D eigenvalue weighted by atomic mass is 9.92. The number of aliphatic carboxylic acids is 1. The van der Waals surface area contributed by atoms with Crippen LogP contribution in [0.25, 0.3) is 0 Å². The van der Waals surface area contributed by atoms with Crippen molar-refractivity contribution in [3.63, 3.8) is 0 Å². The molecule has 0 aromatic carbocycles. The Morgan fingerprint density at radius 2 is 2.06 bits per heavy atom. The molecule has 0 atom stereocenters. The fourth-order valence-electron chi connectivity index (χ4n) is 1.81. The van der Waals surface area contributed by atoms with Crippen LogP contribution < -0.4 is 5.56 Å². The van der Waals surface area contributed by atoms with Gasteiger partial charge in [0.05, 0.1) is 6.33 Å². The number of aryl methyl sites for hydroxylation is 1. The van der Waals surface area contributed by atoms with Crippen molar-refractivity contribution in [3.05, 3.63) is 28.4 Å². The number of aromatic nitrogens is 2. The highest BCUT2D eigenvalue weighted by molar-refractivity contribution is 5.76. The van der Waals surface area contributed by atoms with Crippen LogP contribution in [0.3, 0.4) is 0 Å². The van der Waals surface area contributed by atoms with Gasteiger partial charge in [-0.25, -0.2) is 9.78 Å². The van der Waals surface area contributed by atoms with Crippen LogP contribution in [0.1, 0.15) is 32.4 Å². The average Bonchev–Trinajstić information content (AvgIpc) is 2.22. The molecule has 0 spiro atoms. The van der Waals surface area contributed by atoms with Crippen LogP contribution in [0.4, 0.5) is 0 Å². The van der Waals surface area contributed by atoms with Gasteiger partial charge in [-0.2, -0.15) is 0 Å². The predicted molar refractivity (Wildman–Crippen MR) is 59.4 cm³/mol. The Balaban J connectivity index is 3.43. The Kier molecular flexibility index (Phi) is 3.47. The number of nitrogens with zero attached hydrogens (tertiary/aromatic N) is 2. The predicted octanol–water partition coefficient (Wildman–Crippen LogP) is 1.15. The number of carboxylic acids is 1. The summed E-state index contributed by atoms with van der Waals surface area (Å²) >= 11 is 0. The molecule has 0 radical (unpaired) electrons. The van der Waals surface area contributed by atoms with Gasteiger partial charge >= 0.3 is 5.97 Å². The first kappa shape index (κ1) is 12.4. The van der Waals surface area contributed by atoms with Gasteiger partial charge in [0, 0.05) is 11.8 Å². The lowest BCUT2D eigenvalue weighted by Gasteiger charge is -2.28. The third kappa shape index (κ3) is 1.85. The Labute approximate surface area is 93.8 Å². The summed E-state index contributed by atoms with van der Waals surface area (Å²) in [6, 6.07) is 1.35. The first-order valence-electron chi connectivity index (χ1n) is 5.27. The van der Waals surface area contributed by atoms with Crippen molar-refractivity contribution in [1.29, 1.82) is 0 Å². The van der Waals surface area contributed by atoms with Crippen LogP contribution in [0.5, 0.6) is 0 Å². The molecular formula is C11H16N2O3. The van der Waals surface area contributed by atoms with Gasteiger partial charge in [-0.1, -0.05) is 13.8 Å². The van der Waals surface area contributed by atoms with Crippen molar-refractivity contribution < 1.29 is 9.90 Å². The molecule has 0 aliphatic carbocycles. The topological polar surface area (TPSA) is 72.2 Å². The fraction of sp³-hybridized carbons (Fsp3) is 0.545. The van der Waals surface area contributed by atoms with E-state index in [0.29, 0.717) is 18.5 Å². The number of hydrogen-bond donors (Lipinski definition) is 1. The van der Waals surface area contributed by atoms with E-state index in [0.717, 1.165) is 0 Å². The zero-order valence-electron chi connectivity index (χ0n) is 9.73. The van der Waals surface area contributed by atoms with E-state index in [-0.39, 0.29) is 5.56 Å². The largest absolute Gasteiger partial charge is 0.479 e. The van der Waals surface area contributed by atoms with Crippen LogP contribution >= 0.6 is 0 Å². The SMILES string of the molecule is CCC(CC)(C(=O)O)n1cnc(C)cc1=O. The number of carbonyl (C=O) groups is 1. The van der Waals surface area contributed by atoms with Crippen molar-refractivity contribution in [2.45, 2.75) is 39.2 Å². The third-order valence-corrected chi connectivity index (χ3v) is 2.98. The van der Waals surface area contributed by atoms with E-state index in [1.165, 1.54) is 17.0 Å².